The smallest absolute Gasteiger partial charge is 0.228 e. The molecular formula is C22H26N3OY-. The van der Waals surface area contributed by atoms with Crippen molar-refractivity contribution in [2.75, 3.05) is 49.6 Å². The van der Waals surface area contributed by atoms with Crippen molar-refractivity contribution in [1.82, 2.24) is 4.90 Å². The van der Waals surface area contributed by atoms with Crippen LogP contribution in [0.1, 0.15) is 12.0 Å². The van der Waals surface area contributed by atoms with E-state index in [0.717, 1.165) is 51.3 Å². The molecule has 2 fully saturated rings. The first-order valence-corrected chi connectivity index (χ1v) is 9.51. The summed E-state index contributed by atoms with van der Waals surface area (Å²) < 4.78 is 0. The van der Waals surface area contributed by atoms with Crippen LogP contribution in [0.15, 0.2) is 48.5 Å². The minimum Gasteiger partial charge on any atom is -0.369 e. The molecule has 0 saturated carbocycles. The molecule has 0 aromatic heterocycles. The monoisotopic (exact) mass is 436 g/mol. The molecule has 2 heterocycles. The van der Waals surface area contributed by atoms with Crippen LogP contribution in [0.5, 0.6) is 0 Å². The number of nitrogens with zero attached hydrogens (tertiary/aromatic N) is 3. The van der Waals surface area contributed by atoms with E-state index in [1.54, 1.807) is 0 Å². The number of rotatable bonds is 4. The Balaban J connectivity index is 0.00000210. The molecule has 2 saturated heterocycles. The van der Waals surface area contributed by atoms with Crippen molar-refractivity contribution in [3.63, 3.8) is 0 Å². The zero-order chi connectivity index (χ0) is 17.9. The normalized spacial score (nSPS) is 20.6. The van der Waals surface area contributed by atoms with Gasteiger partial charge in [-0.05, 0) is 31.5 Å². The molecule has 139 valence electrons. The molecule has 2 aliphatic heterocycles. The summed E-state index contributed by atoms with van der Waals surface area (Å²) in [6, 6.07) is 19.3. The Morgan fingerprint density at radius 3 is 2.44 bits per heavy atom. The first-order valence-electron chi connectivity index (χ1n) is 9.51. The molecule has 0 N–H and O–H groups in total. The molecule has 4 nitrogen and oxygen atoms in total. The third-order valence-corrected chi connectivity index (χ3v) is 5.63. The molecule has 5 heteroatoms. The van der Waals surface area contributed by atoms with Crippen molar-refractivity contribution in [2.24, 2.45) is 5.92 Å². The second-order valence-corrected chi connectivity index (χ2v) is 7.36. The van der Waals surface area contributed by atoms with Gasteiger partial charge in [0.25, 0.3) is 0 Å². The fourth-order valence-corrected chi connectivity index (χ4v) is 4.05. The maximum absolute atomic E-state index is 12.9. The summed E-state index contributed by atoms with van der Waals surface area (Å²) in [6.45, 7) is 5.10. The summed E-state index contributed by atoms with van der Waals surface area (Å²) in [5.41, 5.74) is 3.60. The molecule has 0 bridgehead atoms. The van der Waals surface area contributed by atoms with Gasteiger partial charge in [0.1, 0.15) is 0 Å². The Kier molecular flexibility index (Phi) is 7.07. The predicted molar refractivity (Wildman–Crippen MR) is 106 cm³/mol. The van der Waals surface area contributed by atoms with E-state index in [4.69, 9.17) is 0 Å². The minimum absolute atomic E-state index is 0. The van der Waals surface area contributed by atoms with Gasteiger partial charge in [0.15, 0.2) is 0 Å². The number of anilines is 2. The summed E-state index contributed by atoms with van der Waals surface area (Å²) in [4.78, 5) is 19.7. The number of carbonyl (C=O) groups is 1. The second kappa shape index (κ2) is 9.31. The van der Waals surface area contributed by atoms with Crippen LogP contribution in [-0.2, 0) is 43.9 Å². The molecule has 1 amide bonds. The van der Waals surface area contributed by atoms with Crippen LogP contribution in [0.25, 0.3) is 0 Å². The van der Waals surface area contributed by atoms with Crippen molar-refractivity contribution in [3.8, 4) is 0 Å². The zero-order valence-corrected chi connectivity index (χ0v) is 18.8. The van der Waals surface area contributed by atoms with Crippen molar-refractivity contribution in [2.45, 2.75) is 12.8 Å². The molecule has 4 rings (SSSR count). The molecule has 0 spiro atoms. The maximum Gasteiger partial charge on any atom is 0.228 e. The van der Waals surface area contributed by atoms with Crippen LogP contribution < -0.4 is 9.80 Å². The van der Waals surface area contributed by atoms with Gasteiger partial charge >= 0.3 is 0 Å². The van der Waals surface area contributed by atoms with Crippen molar-refractivity contribution >= 4 is 17.3 Å². The van der Waals surface area contributed by atoms with Gasteiger partial charge in [-0.2, -0.15) is 18.2 Å². The van der Waals surface area contributed by atoms with Gasteiger partial charge in [0, 0.05) is 77.0 Å². The predicted octanol–water partition coefficient (Wildman–Crippen LogP) is 2.83. The van der Waals surface area contributed by atoms with E-state index in [2.05, 4.69) is 47.2 Å². The largest absolute Gasteiger partial charge is 0.369 e. The van der Waals surface area contributed by atoms with E-state index >= 15 is 0 Å². The SMILES string of the molecule is [11CH3]N1CCN(c2ccccc2C[C@H]2CCN(c3cc[c-]cc3)C2=O)CC1.[Y]. The van der Waals surface area contributed by atoms with E-state index in [9.17, 15) is 4.79 Å². The van der Waals surface area contributed by atoms with Gasteiger partial charge < -0.3 is 14.7 Å². The number of hydrogen-bond donors (Lipinski definition) is 0. The number of carbonyl (C=O) groups excluding carboxylic acids is 1. The van der Waals surface area contributed by atoms with Crippen LogP contribution in [-0.4, -0.2) is 50.6 Å². The average molecular weight is 436 g/mol. The van der Waals surface area contributed by atoms with Gasteiger partial charge in [0.2, 0.25) is 5.91 Å². The van der Waals surface area contributed by atoms with Crippen molar-refractivity contribution in [1.29, 1.82) is 0 Å². The average Bonchev–Trinajstić information content (AvgIpc) is 3.04. The number of para-hydroxylation sites is 1. The van der Waals surface area contributed by atoms with Crippen LogP contribution in [0, 0.1) is 12.0 Å². The third kappa shape index (κ3) is 4.61. The van der Waals surface area contributed by atoms with E-state index in [1.165, 1.54) is 11.3 Å². The Morgan fingerprint density at radius 2 is 1.70 bits per heavy atom. The van der Waals surface area contributed by atoms with Crippen LogP contribution >= 0.6 is 0 Å². The van der Waals surface area contributed by atoms with E-state index in [1.807, 2.05) is 29.2 Å². The fourth-order valence-electron chi connectivity index (χ4n) is 4.05. The Morgan fingerprint density at radius 1 is 1.00 bits per heavy atom. The molecule has 0 unspecified atom stereocenters. The summed E-state index contributed by atoms with van der Waals surface area (Å²) in [6.07, 6.45) is 1.76. The maximum atomic E-state index is 12.9. The fraction of sp³-hybridized carbons (Fsp3) is 0.409. The number of piperazine rings is 1. The first-order chi connectivity index (χ1) is 12.7. The van der Waals surface area contributed by atoms with Crippen LogP contribution in [0.3, 0.4) is 0 Å². The Labute approximate surface area is 187 Å². The quantitative estimate of drug-likeness (QED) is 0.690. The number of benzene rings is 2. The topological polar surface area (TPSA) is 26.8 Å². The molecule has 27 heavy (non-hydrogen) atoms. The van der Waals surface area contributed by atoms with E-state index < -0.39 is 0 Å². The van der Waals surface area contributed by atoms with Gasteiger partial charge in [-0.15, -0.1) is 12.1 Å². The summed E-state index contributed by atoms with van der Waals surface area (Å²) in [5.74, 6) is 0.331. The third-order valence-electron chi connectivity index (χ3n) is 5.63. The Bertz CT molecular complexity index is 759. The van der Waals surface area contributed by atoms with Crippen molar-refractivity contribution < 1.29 is 37.5 Å². The van der Waals surface area contributed by atoms with Gasteiger partial charge in [-0.1, -0.05) is 23.9 Å². The molecule has 1 radical (unpaired) electrons. The van der Waals surface area contributed by atoms with Gasteiger partial charge in [-0.25, -0.2) is 0 Å². The summed E-state index contributed by atoms with van der Waals surface area (Å²) in [7, 11) is 2.18. The first kappa shape index (κ1) is 20.5. The molecule has 1 atom stereocenters. The number of likely N-dealkylation sites (N-methyl/N-ethyl adjacent to an activating group) is 1. The standard InChI is InChI=1S/C22H26N3O.Y/c1-23-13-15-24(16-14-23)21-10-6-5-7-18(21)17-19-11-12-25(22(19)26)20-8-3-2-4-9-20;/h3-10,19H,11-17H2,1H3;/q-1;/t19-;/m1./s1/i1-1;. The van der Waals surface area contributed by atoms with Crippen LogP contribution in [0.4, 0.5) is 11.4 Å². The molecule has 2 aliphatic rings. The van der Waals surface area contributed by atoms with Gasteiger partial charge in [-0.3, -0.25) is 4.79 Å². The van der Waals surface area contributed by atoms with E-state index in [0.29, 0.717) is 0 Å². The number of hydrogen-bond acceptors (Lipinski definition) is 3. The zero-order valence-electron chi connectivity index (χ0n) is 16.0. The van der Waals surface area contributed by atoms with Gasteiger partial charge in [0.05, 0.1) is 0 Å². The number of amides is 1. The molecule has 2 aromatic rings. The summed E-state index contributed by atoms with van der Waals surface area (Å²) in [5, 5.41) is 0. The van der Waals surface area contributed by atoms with Crippen molar-refractivity contribution in [3.05, 3.63) is 60.2 Å². The van der Waals surface area contributed by atoms with E-state index in [-0.39, 0.29) is 44.5 Å². The second-order valence-electron chi connectivity index (χ2n) is 7.36. The minimum atomic E-state index is 0. The van der Waals surface area contributed by atoms with Crippen LogP contribution in [0.2, 0.25) is 0 Å². The summed E-state index contributed by atoms with van der Waals surface area (Å²) >= 11 is 0. The molecule has 2 aromatic carbocycles. The molecular weight excluding hydrogens is 410 g/mol. The Hall–Kier alpha value is -1.23. The molecule has 0 aliphatic carbocycles.